The molecule has 2 heterocycles. The summed E-state index contributed by atoms with van der Waals surface area (Å²) in [5.41, 5.74) is 2.23. The third-order valence-electron chi connectivity index (χ3n) is 3.56. The number of aromatic nitrogens is 1. The summed E-state index contributed by atoms with van der Waals surface area (Å²) in [5.74, 6) is 1.69. The number of hydrogen-bond acceptors (Lipinski definition) is 4. The molecule has 1 N–H and O–H groups in total. The van der Waals surface area contributed by atoms with Gasteiger partial charge in [-0.05, 0) is 36.8 Å². The Hall–Kier alpha value is -2.07. The van der Waals surface area contributed by atoms with Gasteiger partial charge in [-0.15, -0.1) is 0 Å². The molecule has 4 nitrogen and oxygen atoms in total. The first-order valence-corrected chi connectivity index (χ1v) is 7.36. The van der Waals surface area contributed by atoms with E-state index in [4.69, 9.17) is 9.47 Å². The second-order valence-electron chi connectivity index (χ2n) is 5.19. The number of nitrogens with zero attached hydrogens (tertiary/aromatic N) is 1. The van der Waals surface area contributed by atoms with E-state index < -0.39 is 0 Å². The van der Waals surface area contributed by atoms with Gasteiger partial charge in [0.15, 0.2) is 11.5 Å². The minimum atomic E-state index is 0.210. The zero-order valence-corrected chi connectivity index (χ0v) is 12.2. The van der Waals surface area contributed by atoms with Crippen molar-refractivity contribution in [3.05, 3.63) is 53.9 Å². The van der Waals surface area contributed by atoms with E-state index in [2.05, 4.69) is 29.4 Å². The Morgan fingerprint density at radius 1 is 1.14 bits per heavy atom. The minimum Gasteiger partial charge on any atom is -0.490 e. The lowest BCUT2D eigenvalue weighted by atomic mass is 10.1. The van der Waals surface area contributed by atoms with Crippen molar-refractivity contribution in [1.29, 1.82) is 0 Å². The number of nitrogens with one attached hydrogen (secondary N) is 1. The largest absolute Gasteiger partial charge is 0.490 e. The summed E-state index contributed by atoms with van der Waals surface area (Å²) < 4.78 is 11.4. The fraction of sp³-hybridized carbons (Fsp3) is 0.353. The van der Waals surface area contributed by atoms with Crippen LogP contribution < -0.4 is 14.8 Å². The van der Waals surface area contributed by atoms with E-state index in [1.165, 1.54) is 5.56 Å². The van der Waals surface area contributed by atoms with Crippen LogP contribution in [0, 0.1) is 0 Å². The van der Waals surface area contributed by atoms with Gasteiger partial charge in [0, 0.05) is 25.2 Å². The van der Waals surface area contributed by atoms with E-state index in [1.54, 1.807) is 0 Å². The van der Waals surface area contributed by atoms with Crippen LogP contribution in [-0.4, -0.2) is 18.2 Å². The summed E-state index contributed by atoms with van der Waals surface area (Å²) in [6.45, 7) is 4.33. The van der Waals surface area contributed by atoms with Gasteiger partial charge in [0.2, 0.25) is 0 Å². The van der Waals surface area contributed by atoms with Crippen molar-refractivity contribution in [2.75, 3.05) is 13.2 Å². The van der Waals surface area contributed by atoms with Crippen LogP contribution in [0.4, 0.5) is 0 Å². The van der Waals surface area contributed by atoms with Crippen molar-refractivity contribution >= 4 is 0 Å². The van der Waals surface area contributed by atoms with Crippen molar-refractivity contribution in [2.45, 2.75) is 25.9 Å². The van der Waals surface area contributed by atoms with E-state index in [9.17, 15) is 0 Å². The van der Waals surface area contributed by atoms with Crippen LogP contribution in [0.1, 0.15) is 30.6 Å². The number of rotatable bonds is 4. The number of ether oxygens (including phenoxy) is 2. The first-order chi connectivity index (χ1) is 10.3. The normalized spacial score (nSPS) is 15.3. The van der Waals surface area contributed by atoms with Crippen molar-refractivity contribution in [1.82, 2.24) is 10.3 Å². The number of benzene rings is 1. The summed E-state index contributed by atoms with van der Waals surface area (Å²) in [6, 6.07) is 12.3. The summed E-state index contributed by atoms with van der Waals surface area (Å²) in [6.07, 6.45) is 2.75. The predicted octanol–water partition coefficient (Wildman–Crippen LogP) is 3.09. The van der Waals surface area contributed by atoms with E-state index in [0.29, 0.717) is 6.61 Å². The molecule has 1 aliphatic rings. The van der Waals surface area contributed by atoms with E-state index in [1.807, 2.05) is 30.5 Å². The first kappa shape index (κ1) is 13.9. The summed E-state index contributed by atoms with van der Waals surface area (Å²) in [4.78, 5) is 4.37. The van der Waals surface area contributed by atoms with Crippen LogP contribution in [0.5, 0.6) is 11.5 Å². The molecular formula is C17H20N2O2. The quantitative estimate of drug-likeness (QED) is 0.937. The lowest BCUT2D eigenvalue weighted by molar-refractivity contribution is 0.297. The van der Waals surface area contributed by atoms with E-state index in [0.717, 1.165) is 36.8 Å². The Labute approximate surface area is 125 Å². The first-order valence-electron chi connectivity index (χ1n) is 7.36. The van der Waals surface area contributed by atoms with Crippen LogP contribution in [0.25, 0.3) is 0 Å². The Morgan fingerprint density at radius 3 is 2.81 bits per heavy atom. The second kappa shape index (κ2) is 6.59. The van der Waals surface area contributed by atoms with Gasteiger partial charge in [-0.1, -0.05) is 12.1 Å². The average Bonchev–Trinajstić information content (AvgIpc) is 2.78. The van der Waals surface area contributed by atoms with Crippen molar-refractivity contribution < 1.29 is 9.47 Å². The molecule has 0 fully saturated rings. The molecule has 0 bridgehead atoms. The zero-order chi connectivity index (χ0) is 14.5. The molecule has 0 spiro atoms. The van der Waals surface area contributed by atoms with Crippen molar-refractivity contribution in [3.8, 4) is 11.5 Å². The topological polar surface area (TPSA) is 43.4 Å². The third kappa shape index (κ3) is 3.52. The van der Waals surface area contributed by atoms with E-state index >= 15 is 0 Å². The second-order valence-corrected chi connectivity index (χ2v) is 5.19. The minimum absolute atomic E-state index is 0.210. The van der Waals surface area contributed by atoms with Gasteiger partial charge in [-0.25, -0.2) is 0 Å². The molecule has 0 saturated carbocycles. The van der Waals surface area contributed by atoms with Gasteiger partial charge in [0.1, 0.15) is 0 Å². The third-order valence-corrected chi connectivity index (χ3v) is 3.56. The smallest absolute Gasteiger partial charge is 0.161 e. The fourth-order valence-electron chi connectivity index (χ4n) is 2.33. The van der Waals surface area contributed by atoms with Crippen molar-refractivity contribution in [2.24, 2.45) is 0 Å². The molecule has 0 amide bonds. The molecule has 0 aliphatic carbocycles. The molecule has 0 saturated heterocycles. The van der Waals surface area contributed by atoms with Gasteiger partial charge < -0.3 is 14.8 Å². The molecule has 0 radical (unpaired) electrons. The lowest BCUT2D eigenvalue weighted by Gasteiger charge is -2.14. The average molecular weight is 284 g/mol. The Bertz CT molecular complexity index is 587. The van der Waals surface area contributed by atoms with Crippen LogP contribution >= 0.6 is 0 Å². The summed E-state index contributed by atoms with van der Waals surface area (Å²) >= 11 is 0. The highest BCUT2D eigenvalue weighted by Crippen LogP contribution is 2.30. The predicted molar refractivity (Wildman–Crippen MR) is 81.5 cm³/mol. The van der Waals surface area contributed by atoms with Crippen LogP contribution in [0.3, 0.4) is 0 Å². The monoisotopic (exact) mass is 284 g/mol. The van der Waals surface area contributed by atoms with E-state index in [-0.39, 0.29) is 6.04 Å². The van der Waals surface area contributed by atoms with Crippen LogP contribution in [0.2, 0.25) is 0 Å². The van der Waals surface area contributed by atoms with Crippen LogP contribution in [0.15, 0.2) is 42.6 Å². The molecule has 4 heteroatoms. The van der Waals surface area contributed by atoms with Gasteiger partial charge in [-0.2, -0.15) is 0 Å². The standard InChI is InChI=1S/C17H20N2O2/c1-13(15-5-2-3-8-18-15)19-12-14-6-7-16-17(11-14)21-10-4-9-20-16/h2-3,5-8,11,13,19H,4,9-10,12H2,1H3/t13-/m0/s1. The highest BCUT2D eigenvalue weighted by atomic mass is 16.5. The Balaban J connectivity index is 1.64. The molecular weight excluding hydrogens is 264 g/mol. The molecule has 1 atom stereocenters. The number of fused-ring (bicyclic) bond motifs is 1. The molecule has 0 unspecified atom stereocenters. The molecule has 3 rings (SSSR count). The molecule has 1 aliphatic heterocycles. The highest BCUT2D eigenvalue weighted by molar-refractivity contribution is 5.43. The van der Waals surface area contributed by atoms with Crippen LogP contribution in [-0.2, 0) is 6.54 Å². The van der Waals surface area contributed by atoms with Gasteiger partial charge in [0.25, 0.3) is 0 Å². The molecule has 2 aromatic rings. The molecule has 21 heavy (non-hydrogen) atoms. The molecule has 1 aromatic heterocycles. The summed E-state index contributed by atoms with van der Waals surface area (Å²) in [5, 5.41) is 3.48. The lowest BCUT2D eigenvalue weighted by Crippen LogP contribution is -2.19. The number of hydrogen-bond donors (Lipinski definition) is 1. The maximum atomic E-state index is 5.72. The Kier molecular flexibility index (Phi) is 4.36. The zero-order valence-electron chi connectivity index (χ0n) is 12.2. The van der Waals surface area contributed by atoms with Gasteiger partial charge in [0.05, 0.1) is 18.9 Å². The highest BCUT2D eigenvalue weighted by Gasteiger charge is 2.11. The number of pyridine rings is 1. The Morgan fingerprint density at radius 2 is 2.00 bits per heavy atom. The van der Waals surface area contributed by atoms with Gasteiger partial charge >= 0.3 is 0 Å². The molecule has 1 aromatic carbocycles. The van der Waals surface area contributed by atoms with Crippen molar-refractivity contribution in [3.63, 3.8) is 0 Å². The van der Waals surface area contributed by atoms with Gasteiger partial charge in [-0.3, -0.25) is 4.98 Å². The molecule has 110 valence electrons. The summed E-state index contributed by atoms with van der Waals surface area (Å²) in [7, 11) is 0. The SMILES string of the molecule is C[C@H](NCc1ccc2c(c1)OCCCO2)c1ccccn1. The fourth-order valence-corrected chi connectivity index (χ4v) is 2.33. The maximum absolute atomic E-state index is 5.72. The maximum Gasteiger partial charge on any atom is 0.161 e.